The van der Waals surface area contributed by atoms with E-state index in [1.165, 1.54) is 11.5 Å². The van der Waals surface area contributed by atoms with Crippen molar-refractivity contribution >= 4 is 23.4 Å². The van der Waals surface area contributed by atoms with Crippen LogP contribution in [0.5, 0.6) is 0 Å². The van der Waals surface area contributed by atoms with Gasteiger partial charge in [0.25, 0.3) is 5.91 Å². The lowest BCUT2D eigenvalue weighted by atomic mass is 10.4. The number of nitrogens with zero attached hydrogens (tertiary/aromatic N) is 1. The molecule has 0 atom stereocenters. The van der Waals surface area contributed by atoms with E-state index in [0.29, 0.717) is 17.9 Å². The maximum absolute atomic E-state index is 11.7. The van der Waals surface area contributed by atoms with Crippen LogP contribution in [0.25, 0.3) is 0 Å². The third kappa shape index (κ3) is 3.67. The number of aromatic amines is 1. The van der Waals surface area contributed by atoms with Crippen molar-refractivity contribution in [3.8, 4) is 0 Å². The average molecular weight is 254 g/mol. The van der Waals surface area contributed by atoms with Crippen molar-refractivity contribution in [2.75, 3.05) is 43.4 Å². The van der Waals surface area contributed by atoms with Crippen molar-refractivity contribution in [3.05, 3.63) is 18.0 Å². The van der Waals surface area contributed by atoms with Crippen LogP contribution in [0.2, 0.25) is 0 Å². The van der Waals surface area contributed by atoms with Gasteiger partial charge < -0.3 is 16.0 Å². The number of carbonyl (C=O) groups excluding carboxylic acids is 1. The SMILES string of the molecule is Nc1c[nH]c(C(=O)NCCN2CCSCC2)c1. The number of thioether (sulfide) groups is 1. The Kier molecular flexibility index (Phi) is 4.33. The number of anilines is 1. The van der Waals surface area contributed by atoms with Crippen LogP contribution >= 0.6 is 11.8 Å². The minimum Gasteiger partial charge on any atom is -0.397 e. The highest BCUT2D eigenvalue weighted by Gasteiger charge is 2.11. The van der Waals surface area contributed by atoms with Crippen molar-refractivity contribution < 1.29 is 4.79 Å². The van der Waals surface area contributed by atoms with Crippen LogP contribution < -0.4 is 11.1 Å². The first-order valence-corrected chi connectivity index (χ1v) is 6.93. The largest absolute Gasteiger partial charge is 0.397 e. The molecule has 2 heterocycles. The molecule has 94 valence electrons. The molecule has 6 heteroatoms. The second kappa shape index (κ2) is 5.97. The highest BCUT2D eigenvalue weighted by molar-refractivity contribution is 7.99. The molecule has 17 heavy (non-hydrogen) atoms. The van der Waals surface area contributed by atoms with Crippen LogP contribution in [0.1, 0.15) is 10.5 Å². The average Bonchev–Trinajstić information content (AvgIpc) is 2.77. The molecule has 1 saturated heterocycles. The molecule has 5 nitrogen and oxygen atoms in total. The summed E-state index contributed by atoms with van der Waals surface area (Å²) in [6, 6.07) is 1.65. The molecule has 4 N–H and O–H groups in total. The third-order valence-electron chi connectivity index (χ3n) is 2.77. The van der Waals surface area contributed by atoms with E-state index in [1.54, 1.807) is 12.3 Å². The summed E-state index contributed by atoms with van der Waals surface area (Å²) in [7, 11) is 0. The zero-order valence-corrected chi connectivity index (χ0v) is 10.6. The van der Waals surface area contributed by atoms with E-state index in [2.05, 4.69) is 15.2 Å². The van der Waals surface area contributed by atoms with E-state index in [9.17, 15) is 4.79 Å². The fourth-order valence-corrected chi connectivity index (χ4v) is 2.77. The lowest BCUT2D eigenvalue weighted by Gasteiger charge is -2.25. The standard InChI is InChI=1S/C11H18N4OS/c12-9-7-10(14-8-9)11(16)13-1-2-15-3-5-17-6-4-15/h7-8,14H,1-6,12H2,(H,13,16). The highest BCUT2D eigenvalue weighted by atomic mass is 32.2. The summed E-state index contributed by atoms with van der Waals surface area (Å²) in [4.78, 5) is 16.9. The van der Waals surface area contributed by atoms with E-state index in [1.807, 2.05) is 11.8 Å². The number of aromatic nitrogens is 1. The molecule has 1 amide bonds. The van der Waals surface area contributed by atoms with E-state index in [4.69, 9.17) is 5.73 Å². The molecular formula is C11H18N4OS. The van der Waals surface area contributed by atoms with Crippen molar-refractivity contribution in [2.24, 2.45) is 0 Å². The normalized spacial score (nSPS) is 16.9. The first-order valence-electron chi connectivity index (χ1n) is 5.78. The van der Waals surface area contributed by atoms with Gasteiger partial charge in [0.1, 0.15) is 5.69 Å². The van der Waals surface area contributed by atoms with E-state index >= 15 is 0 Å². The van der Waals surface area contributed by atoms with Crippen molar-refractivity contribution in [2.45, 2.75) is 0 Å². The topological polar surface area (TPSA) is 74.1 Å². The Labute approximate surface area is 105 Å². The molecule has 2 rings (SSSR count). The fourth-order valence-electron chi connectivity index (χ4n) is 1.79. The molecule has 1 aromatic heterocycles. The number of hydrogen-bond donors (Lipinski definition) is 3. The van der Waals surface area contributed by atoms with Crippen LogP contribution in [0.15, 0.2) is 12.3 Å². The Morgan fingerprint density at radius 2 is 2.29 bits per heavy atom. The number of nitrogens with two attached hydrogens (primary N) is 1. The molecule has 0 bridgehead atoms. The molecule has 1 aliphatic heterocycles. The minimum absolute atomic E-state index is 0.0897. The van der Waals surface area contributed by atoms with Crippen LogP contribution in [0, 0.1) is 0 Å². The quantitative estimate of drug-likeness (QED) is 0.726. The van der Waals surface area contributed by atoms with Gasteiger partial charge in [-0.05, 0) is 6.07 Å². The summed E-state index contributed by atoms with van der Waals surface area (Å²) in [5.74, 6) is 2.30. The Morgan fingerprint density at radius 3 is 2.94 bits per heavy atom. The van der Waals surface area contributed by atoms with Gasteiger partial charge in [0, 0.05) is 49.6 Å². The molecule has 1 aromatic rings. The van der Waals surface area contributed by atoms with E-state index < -0.39 is 0 Å². The lowest BCUT2D eigenvalue weighted by Crippen LogP contribution is -2.39. The first-order chi connectivity index (χ1) is 8.25. The van der Waals surface area contributed by atoms with Crippen LogP contribution in [0.3, 0.4) is 0 Å². The van der Waals surface area contributed by atoms with Crippen LogP contribution in [-0.2, 0) is 0 Å². The van der Waals surface area contributed by atoms with Gasteiger partial charge in [-0.15, -0.1) is 0 Å². The monoisotopic (exact) mass is 254 g/mol. The lowest BCUT2D eigenvalue weighted by molar-refractivity contribution is 0.0944. The molecule has 0 radical (unpaired) electrons. The Hall–Kier alpha value is -1.14. The summed E-state index contributed by atoms with van der Waals surface area (Å²) in [6.45, 7) is 3.84. The molecule has 0 unspecified atom stereocenters. The maximum Gasteiger partial charge on any atom is 0.267 e. The van der Waals surface area contributed by atoms with Gasteiger partial charge in [0.15, 0.2) is 0 Å². The maximum atomic E-state index is 11.7. The van der Waals surface area contributed by atoms with Crippen LogP contribution in [-0.4, -0.2) is 53.5 Å². The van der Waals surface area contributed by atoms with Gasteiger partial charge in [0.2, 0.25) is 0 Å². The molecule has 0 spiro atoms. The predicted molar refractivity (Wildman–Crippen MR) is 71.3 cm³/mol. The minimum atomic E-state index is -0.0897. The van der Waals surface area contributed by atoms with E-state index in [-0.39, 0.29) is 5.91 Å². The third-order valence-corrected chi connectivity index (χ3v) is 3.71. The smallest absolute Gasteiger partial charge is 0.267 e. The van der Waals surface area contributed by atoms with Gasteiger partial charge in [-0.1, -0.05) is 0 Å². The number of hydrogen-bond acceptors (Lipinski definition) is 4. The number of carbonyl (C=O) groups is 1. The molecule has 1 aliphatic rings. The Morgan fingerprint density at radius 1 is 1.53 bits per heavy atom. The number of nitrogen functional groups attached to an aromatic ring is 1. The highest BCUT2D eigenvalue weighted by Crippen LogP contribution is 2.08. The van der Waals surface area contributed by atoms with Crippen molar-refractivity contribution in [1.29, 1.82) is 0 Å². The molecular weight excluding hydrogens is 236 g/mol. The Balaban J connectivity index is 1.69. The van der Waals surface area contributed by atoms with Gasteiger partial charge in [-0.2, -0.15) is 11.8 Å². The van der Waals surface area contributed by atoms with Gasteiger partial charge in [-0.3, -0.25) is 9.69 Å². The zero-order chi connectivity index (χ0) is 12.1. The van der Waals surface area contributed by atoms with Gasteiger partial charge >= 0.3 is 0 Å². The summed E-state index contributed by atoms with van der Waals surface area (Å²) in [5, 5.41) is 2.89. The van der Waals surface area contributed by atoms with Crippen LogP contribution in [0.4, 0.5) is 5.69 Å². The van der Waals surface area contributed by atoms with Crippen molar-refractivity contribution in [3.63, 3.8) is 0 Å². The van der Waals surface area contributed by atoms with Gasteiger partial charge in [0.05, 0.1) is 0 Å². The second-order valence-corrected chi connectivity index (χ2v) is 5.28. The summed E-state index contributed by atoms with van der Waals surface area (Å²) >= 11 is 1.99. The van der Waals surface area contributed by atoms with Crippen molar-refractivity contribution in [1.82, 2.24) is 15.2 Å². The summed E-state index contributed by atoms with van der Waals surface area (Å²) < 4.78 is 0. The second-order valence-electron chi connectivity index (χ2n) is 4.06. The molecule has 0 aromatic carbocycles. The molecule has 1 fully saturated rings. The van der Waals surface area contributed by atoms with Gasteiger partial charge in [-0.25, -0.2) is 0 Å². The van der Waals surface area contributed by atoms with E-state index in [0.717, 1.165) is 19.6 Å². The first kappa shape index (κ1) is 12.3. The molecule has 0 saturated carbocycles. The number of amides is 1. The summed E-state index contributed by atoms with van der Waals surface area (Å²) in [5.41, 5.74) is 6.65. The summed E-state index contributed by atoms with van der Waals surface area (Å²) in [6.07, 6.45) is 1.62. The number of nitrogens with one attached hydrogen (secondary N) is 2. The Bertz CT molecular complexity index is 373. The molecule has 0 aliphatic carbocycles. The number of rotatable bonds is 4. The predicted octanol–water partition coefficient (Wildman–Crippen LogP) is 0.376. The number of H-pyrrole nitrogens is 1. The zero-order valence-electron chi connectivity index (χ0n) is 9.74. The fraction of sp³-hybridized carbons (Fsp3) is 0.545.